The molecule has 3 aromatic carbocycles. The van der Waals surface area contributed by atoms with E-state index in [9.17, 15) is 4.79 Å². The molecule has 0 fully saturated rings. The van der Waals surface area contributed by atoms with Crippen molar-refractivity contribution in [3.63, 3.8) is 0 Å². The van der Waals surface area contributed by atoms with E-state index in [1.54, 1.807) is 6.92 Å². The Morgan fingerprint density at radius 2 is 1.24 bits per heavy atom. The van der Waals surface area contributed by atoms with E-state index in [2.05, 4.69) is 65.6 Å². The first-order chi connectivity index (χ1) is 12.2. The zero-order valence-corrected chi connectivity index (χ0v) is 14.6. The fourth-order valence-corrected chi connectivity index (χ4v) is 3.00. The highest BCUT2D eigenvalue weighted by Gasteiger charge is 2.10. The summed E-state index contributed by atoms with van der Waals surface area (Å²) in [7, 11) is 0. The number of anilines is 1. The monoisotopic (exact) mass is 329 g/mol. The van der Waals surface area contributed by atoms with Gasteiger partial charge in [-0.3, -0.25) is 4.79 Å². The Bertz CT molecular complexity index is 770. The summed E-state index contributed by atoms with van der Waals surface area (Å²) in [6.45, 7) is 3.30. The minimum atomic E-state index is 0.190. The van der Waals surface area contributed by atoms with E-state index < -0.39 is 0 Å². The van der Waals surface area contributed by atoms with Crippen LogP contribution in [-0.2, 0) is 24.3 Å². The molecule has 0 N–H and O–H groups in total. The van der Waals surface area contributed by atoms with Crippen LogP contribution in [0.5, 0.6) is 0 Å². The summed E-state index contributed by atoms with van der Waals surface area (Å²) in [5, 5.41) is 0. The Morgan fingerprint density at radius 3 is 1.76 bits per heavy atom. The number of carbonyl (C=O) groups is 1. The second kappa shape index (κ2) is 8.29. The molecule has 0 aliphatic heterocycles. The molecule has 3 aromatic rings. The van der Waals surface area contributed by atoms with Gasteiger partial charge in [-0.05, 0) is 35.7 Å². The number of nitrogens with zero attached hydrogens (tertiary/aromatic N) is 1. The maximum absolute atomic E-state index is 11.5. The van der Waals surface area contributed by atoms with Crippen molar-refractivity contribution in [3.05, 3.63) is 102 Å². The van der Waals surface area contributed by atoms with Gasteiger partial charge in [-0.1, -0.05) is 72.8 Å². The molecule has 0 unspecified atom stereocenters. The quantitative estimate of drug-likeness (QED) is 0.606. The van der Waals surface area contributed by atoms with E-state index in [0.717, 1.165) is 24.3 Å². The summed E-state index contributed by atoms with van der Waals surface area (Å²) in [6.07, 6.45) is 0.484. The zero-order valence-electron chi connectivity index (χ0n) is 14.6. The molecule has 0 amide bonds. The summed E-state index contributed by atoms with van der Waals surface area (Å²) in [5.41, 5.74) is 4.76. The largest absolute Gasteiger partial charge is 0.363 e. The van der Waals surface area contributed by atoms with Gasteiger partial charge in [-0.15, -0.1) is 0 Å². The molecule has 3 rings (SSSR count). The third-order valence-electron chi connectivity index (χ3n) is 4.16. The number of carbonyl (C=O) groups excluding carboxylic acids is 1. The Labute approximate surface area is 149 Å². The van der Waals surface area contributed by atoms with Crippen molar-refractivity contribution < 1.29 is 4.79 Å². The summed E-state index contributed by atoms with van der Waals surface area (Å²) in [6, 6.07) is 29.3. The van der Waals surface area contributed by atoms with Crippen LogP contribution in [0.1, 0.15) is 23.6 Å². The predicted octanol–water partition coefficient (Wildman–Crippen LogP) is 5.02. The summed E-state index contributed by atoms with van der Waals surface area (Å²) in [4.78, 5) is 13.8. The van der Waals surface area contributed by atoms with E-state index in [1.807, 2.05) is 24.3 Å². The molecule has 0 bridgehead atoms. The van der Waals surface area contributed by atoms with Crippen LogP contribution in [0.25, 0.3) is 0 Å². The number of hydrogen-bond donors (Lipinski definition) is 0. The average Bonchev–Trinajstić information content (AvgIpc) is 2.63. The molecule has 126 valence electrons. The Kier molecular flexibility index (Phi) is 5.63. The lowest BCUT2D eigenvalue weighted by Gasteiger charge is -2.26. The van der Waals surface area contributed by atoms with Gasteiger partial charge in [0.1, 0.15) is 5.78 Å². The van der Waals surface area contributed by atoms with Crippen LogP contribution in [0.2, 0.25) is 0 Å². The minimum absolute atomic E-state index is 0.190. The molecule has 2 nitrogen and oxygen atoms in total. The molecule has 0 saturated carbocycles. The van der Waals surface area contributed by atoms with E-state index in [0.29, 0.717) is 6.42 Å². The highest BCUT2D eigenvalue weighted by atomic mass is 16.1. The van der Waals surface area contributed by atoms with E-state index in [4.69, 9.17) is 0 Å². The average molecular weight is 329 g/mol. The Balaban J connectivity index is 1.88. The van der Waals surface area contributed by atoms with Crippen LogP contribution in [0, 0.1) is 0 Å². The van der Waals surface area contributed by atoms with Gasteiger partial charge in [0.2, 0.25) is 0 Å². The molecule has 0 radical (unpaired) electrons. The topological polar surface area (TPSA) is 20.3 Å². The van der Waals surface area contributed by atoms with Gasteiger partial charge in [-0.2, -0.15) is 0 Å². The summed E-state index contributed by atoms with van der Waals surface area (Å²) >= 11 is 0. The van der Waals surface area contributed by atoms with Crippen molar-refractivity contribution in [2.75, 3.05) is 4.90 Å². The van der Waals surface area contributed by atoms with Crippen LogP contribution in [-0.4, -0.2) is 5.78 Å². The lowest BCUT2D eigenvalue weighted by atomic mass is 10.1. The van der Waals surface area contributed by atoms with Crippen LogP contribution >= 0.6 is 0 Å². The van der Waals surface area contributed by atoms with E-state index >= 15 is 0 Å². The molecule has 0 heterocycles. The van der Waals surface area contributed by atoms with Crippen molar-refractivity contribution in [1.82, 2.24) is 0 Å². The van der Waals surface area contributed by atoms with Gasteiger partial charge in [0.25, 0.3) is 0 Å². The predicted molar refractivity (Wildman–Crippen MR) is 104 cm³/mol. The lowest BCUT2D eigenvalue weighted by molar-refractivity contribution is -0.116. The molecule has 0 aliphatic rings. The molecule has 0 spiro atoms. The van der Waals surface area contributed by atoms with Crippen LogP contribution < -0.4 is 4.90 Å². The third kappa shape index (κ3) is 5.05. The van der Waals surface area contributed by atoms with Gasteiger partial charge < -0.3 is 4.90 Å². The summed E-state index contributed by atoms with van der Waals surface area (Å²) in [5.74, 6) is 0.190. The fourth-order valence-electron chi connectivity index (χ4n) is 3.00. The van der Waals surface area contributed by atoms with Crippen molar-refractivity contribution in [1.29, 1.82) is 0 Å². The fraction of sp³-hybridized carbons (Fsp3) is 0.174. The van der Waals surface area contributed by atoms with E-state index in [-0.39, 0.29) is 5.78 Å². The number of rotatable bonds is 7. The van der Waals surface area contributed by atoms with Gasteiger partial charge in [-0.25, -0.2) is 0 Å². The highest BCUT2D eigenvalue weighted by molar-refractivity contribution is 5.78. The maximum Gasteiger partial charge on any atom is 0.134 e. The first-order valence-electron chi connectivity index (χ1n) is 8.62. The second-order valence-electron chi connectivity index (χ2n) is 6.38. The number of hydrogen-bond acceptors (Lipinski definition) is 2. The number of benzene rings is 3. The van der Waals surface area contributed by atoms with Crippen molar-refractivity contribution in [2.45, 2.75) is 26.4 Å². The molecule has 0 atom stereocenters. The molecule has 0 saturated heterocycles. The maximum atomic E-state index is 11.5. The summed E-state index contributed by atoms with van der Waals surface area (Å²) < 4.78 is 0. The van der Waals surface area contributed by atoms with Crippen LogP contribution in [0.15, 0.2) is 84.9 Å². The number of ketones is 1. The van der Waals surface area contributed by atoms with Crippen LogP contribution in [0.4, 0.5) is 5.69 Å². The molecule has 0 aromatic heterocycles. The highest BCUT2D eigenvalue weighted by Crippen LogP contribution is 2.22. The molecular formula is C23H23NO. The van der Waals surface area contributed by atoms with Gasteiger partial charge in [0, 0.05) is 25.2 Å². The molecule has 25 heavy (non-hydrogen) atoms. The first kappa shape index (κ1) is 17.0. The lowest BCUT2D eigenvalue weighted by Crippen LogP contribution is -2.22. The molecular weight excluding hydrogens is 306 g/mol. The zero-order chi connectivity index (χ0) is 17.5. The SMILES string of the molecule is CC(=O)Cc1cccc(N(Cc2ccccc2)Cc2ccccc2)c1. The van der Waals surface area contributed by atoms with E-state index in [1.165, 1.54) is 11.1 Å². The second-order valence-corrected chi connectivity index (χ2v) is 6.38. The van der Waals surface area contributed by atoms with Crippen LogP contribution in [0.3, 0.4) is 0 Å². The number of Topliss-reactive ketones (excluding diaryl/α,β-unsaturated/α-hetero) is 1. The normalized spacial score (nSPS) is 10.4. The van der Waals surface area contributed by atoms with Gasteiger partial charge in [0.05, 0.1) is 0 Å². The van der Waals surface area contributed by atoms with Crippen molar-refractivity contribution in [3.8, 4) is 0 Å². The standard InChI is InChI=1S/C23H23NO/c1-19(25)15-22-13-8-14-23(16-22)24(17-20-9-4-2-5-10-20)18-21-11-6-3-7-12-21/h2-14,16H,15,17-18H2,1H3. The van der Waals surface area contributed by atoms with Crippen molar-refractivity contribution >= 4 is 11.5 Å². The van der Waals surface area contributed by atoms with Crippen molar-refractivity contribution in [2.24, 2.45) is 0 Å². The Morgan fingerprint density at radius 1 is 0.720 bits per heavy atom. The molecule has 0 aliphatic carbocycles. The molecule has 2 heteroatoms. The first-order valence-corrected chi connectivity index (χ1v) is 8.62. The Hall–Kier alpha value is -2.87. The smallest absolute Gasteiger partial charge is 0.134 e. The minimum Gasteiger partial charge on any atom is -0.363 e. The van der Waals surface area contributed by atoms with Gasteiger partial charge >= 0.3 is 0 Å². The third-order valence-corrected chi connectivity index (χ3v) is 4.16. The van der Waals surface area contributed by atoms with Gasteiger partial charge in [0.15, 0.2) is 0 Å².